The Labute approximate surface area is 106 Å². The smallest absolute Gasteiger partial charge is 0.0592 e. The van der Waals surface area contributed by atoms with Gasteiger partial charge in [-0.1, -0.05) is 6.92 Å². The van der Waals surface area contributed by atoms with E-state index in [4.69, 9.17) is 0 Å². The number of pyridine rings is 1. The van der Waals surface area contributed by atoms with E-state index in [9.17, 15) is 0 Å². The van der Waals surface area contributed by atoms with Crippen LogP contribution in [0.5, 0.6) is 0 Å². The number of anilines is 1. The number of likely N-dealkylation sites (N-methyl/N-ethyl adjacent to an activating group) is 1. The SMILES string of the molecule is CCC1CN(c2ccncc2Br)CCN1C. The maximum atomic E-state index is 4.11. The topological polar surface area (TPSA) is 19.4 Å². The second-order valence-corrected chi connectivity index (χ2v) is 5.17. The fourth-order valence-electron chi connectivity index (χ4n) is 2.23. The van der Waals surface area contributed by atoms with E-state index in [1.165, 1.54) is 12.1 Å². The van der Waals surface area contributed by atoms with Crippen LogP contribution in [0, 0.1) is 0 Å². The highest BCUT2D eigenvalue weighted by molar-refractivity contribution is 9.10. The number of piperazine rings is 1. The molecule has 0 radical (unpaired) electrons. The van der Waals surface area contributed by atoms with E-state index in [0.29, 0.717) is 6.04 Å². The first-order chi connectivity index (χ1) is 7.72. The third kappa shape index (κ3) is 2.38. The van der Waals surface area contributed by atoms with Gasteiger partial charge in [0.25, 0.3) is 0 Å². The van der Waals surface area contributed by atoms with Crippen molar-refractivity contribution in [3.63, 3.8) is 0 Å². The molecule has 0 N–H and O–H groups in total. The normalized spacial score (nSPS) is 22.4. The lowest BCUT2D eigenvalue weighted by atomic mass is 10.1. The molecule has 1 aromatic heterocycles. The van der Waals surface area contributed by atoms with E-state index in [1.807, 2.05) is 12.4 Å². The Morgan fingerprint density at radius 2 is 2.31 bits per heavy atom. The van der Waals surface area contributed by atoms with Gasteiger partial charge in [0, 0.05) is 38.1 Å². The Balaban J connectivity index is 2.14. The van der Waals surface area contributed by atoms with E-state index in [1.54, 1.807) is 0 Å². The molecule has 1 aromatic rings. The minimum absolute atomic E-state index is 0.661. The standard InChI is InChI=1S/C12H18BrN3/c1-3-10-9-16(7-6-15(10)2)12-4-5-14-8-11(12)13/h4-5,8,10H,3,6-7,9H2,1-2H3. The molecule has 1 aliphatic rings. The predicted octanol–water partition coefficient (Wildman–Crippen LogP) is 2.37. The third-order valence-corrected chi connectivity index (χ3v) is 3.95. The highest BCUT2D eigenvalue weighted by Gasteiger charge is 2.23. The summed E-state index contributed by atoms with van der Waals surface area (Å²) in [5.74, 6) is 0. The average Bonchev–Trinajstić information content (AvgIpc) is 2.31. The molecule has 1 unspecified atom stereocenters. The summed E-state index contributed by atoms with van der Waals surface area (Å²) in [7, 11) is 2.22. The fourth-order valence-corrected chi connectivity index (χ4v) is 2.73. The minimum Gasteiger partial charge on any atom is -0.368 e. The molecule has 1 fully saturated rings. The molecule has 0 amide bonds. The zero-order valence-corrected chi connectivity index (χ0v) is 11.4. The number of aromatic nitrogens is 1. The van der Waals surface area contributed by atoms with Crippen molar-refractivity contribution < 1.29 is 0 Å². The summed E-state index contributed by atoms with van der Waals surface area (Å²) >= 11 is 3.57. The molecule has 88 valence electrons. The van der Waals surface area contributed by atoms with Crippen LogP contribution in [0.2, 0.25) is 0 Å². The van der Waals surface area contributed by atoms with Gasteiger partial charge >= 0.3 is 0 Å². The van der Waals surface area contributed by atoms with Gasteiger partial charge in [0.2, 0.25) is 0 Å². The maximum Gasteiger partial charge on any atom is 0.0592 e. The molecule has 4 heteroatoms. The zero-order chi connectivity index (χ0) is 11.5. The van der Waals surface area contributed by atoms with Gasteiger partial charge < -0.3 is 4.90 Å². The summed E-state index contributed by atoms with van der Waals surface area (Å²) in [6.45, 7) is 5.59. The molecule has 3 nitrogen and oxygen atoms in total. The lowest BCUT2D eigenvalue weighted by Gasteiger charge is -2.40. The third-order valence-electron chi connectivity index (χ3n) is 3.34. The number of nitrogens with zero attached hydrogens (tertiary/aromatic N) is 3. The van der Waals surface area contributed by atoms with Gasteiger partial charge in [0.1, 0.15) is 0 Å². The number of halogens is 1. The van der Waals surface area contributed by atoms with Crippen LogP contribution in [-0.4, -0.2) is 42.6 Å². The number of rotatable bonds is 2. The lowest BCUT2D eigenvalue weighted by molar-refractivity contribution is 0.213. The fraction of sp³-hybridized carbons (Fsp3) is 0.583. The monoisotopic (exact) mass is 283 g/mol. The molecule has 1 saturated heterocycles. The number of hydrogen-bond donors (Lipinski definition) is 0. The van der Waals surface area contributed by atoms with Gasteiger partial charge in [-0.25, -0.2) is 0 Å². The van der Waals surface area contributed by atoms with E-state index in [2.05, 4.69) is 50.8 Å². The van der Waals surface area contributed by atoms with Crippen molar-refractivity contribution in [1.82, 2.24) is 9.88 Å². The van der Waals surface area contributed by atoms with Crippen LogP contribution >= 0.6 is 15.9 Å². The molecular formula is C12H18BrN3. The molecule has 16 heavy (non-hydrogen) atoms. The van der Waals surface area contributed by atoms with Crippen LogP contribution in [0.1, 0.15) is 13.3 Å². The summed E-state index contributed by atoms with van der Waals surface area (Å²) in [4.78, 5) is 9.00. The van der Waals surface area contributed by atoms with E-state index < -0.39 is 0 Å². The molecule has 0 aliphatic carbocycles. The van der Waals surface area contributed by atoms with Crippen molar-refractivity contribution in [2.75, 3.05) is 31.6 Å². The summed E-state index contributed by atoms with van der Waals surface area (Å²) in [6.07, 6.45) is 4.93. The van der Waals surface area contributed by atoms with Gasteiger partial charge in [-0.3, -0.25) is 9.88 Å². The van der Waals surface area contributed by atoms with Gasteiger partial charge in [0.15, 0.2) is 0 Å². The molecular weight excluding hydrogens is 266 g/mol. The Hall–Kier alpha value is -0.610. The van der Waals surface area contributed by atoms with Crippen LogP contribution in [0.3, 0.4) is 0 Å². The summed E-state index contributed by atoms with van der Waals surface area (Å²) in [5, 5.41) is 0. The average molecular weight is 284 g/mol. The van der Waals surface area contributed by atoms with Crippen molar-refractivity contribution in [3.8, 4) is 0 Å². The molecule has 2 rings (SSSR count). The Kier molecular flexibility index (Phi) is 3.82. The quantitative estimate of drug-likeness (QED) is 0.831. The van der Waals surface area contributed by atoms with Gasteiger partial charge in [0.05, 0.1) is 10.2 Å². The highest BCUT2D eigenvalue weighted by atomic mass is 79.9. The Morgan fingerprint density at radius 1 is 1.50 bits per heavy atom. The van der Waals surface area contributed by atoms with Crippen molar-refractivity contribution in [1.29, 1.82) is 0 Å². The predicted molar refractivity (Wildman–Crippen MR) is 70.9 cm³/mol. The van der Waals surface area contributed by atoms with E-state index in [0.717, 1.165) is 24.1 Å². The van der Waals surface area contributed by atoms with E-state index >= 15 is 0 Å². The summed E-state index contributed by atoms with van der Waals surface area (Å²) in [6, 6.07) is 2.75. The molecule has 0 aromatic carbocycles. The Morgan fingerprint density at radius 3 is 3.00 bits per heavy atom. The van der Waals surface area contributed by atoms with Crippen LogP contribution in [0.4, 0.5) is 5.69 Å². The molecule has 0 bridgehead atoms. The highest BCUT2D eigenvalue weighted by Crippen LogP contribution is 2.26. The maximum absolute atomic E-state index is 4.11. The van der Waals surface area contributed by atoms with Crippen LogP contribution in [0.25, 0.3) is 0 Å². The van der Waals surface area contributed by atoms with Gasteiger partial charge in [-0.15, -0.1) is 0 Å². The molecule has 0 spiro atoms. The molecule has 0 saturated carbocycles. The largest absolute Gasteiger partial charge is 0.368 e. The van der Waals surface area contributed by atoms with Crippen molar-refractivity contribution in [2.45, 2.75) is 19.4 Å². The zero-order valence-electron chi connectivity index (χ0n) is 9.86. The first kappa shape index (κ1) is 11.9. The molecule has 1 aliphatic heterocycles. The van der Waals surface area contributed by atoms with Gasteiger partial charge in [-0.05, 0) is 35.5 Å². The lowest BCUT2D eigenvalue weighted by Crippen LogP contribution is -2.51. The second kappa shape index (κ2) is 5.15. The first-order valence-corrected chi connectivity index (χ1v) is 6.56. The van der Waals surface area contributed by atoms with Crippen LogP contribution in [0.15, 0.2) is 22.9 Å². The summed E-state index contributed by atoms with van der Waals surface area (Å²) < 4.78 is 1.09. The van der Waals surface area contributed by atoms with Crippen LogP contribution in [-0.2, 0) is 0 Å². The van der Waals surface area contributed by atoms with Crippen molar-refractivity contribution in [3.05, 3.63) is 22.9 Å². The Bertz CT molecular complexity index is 356. The number of hydrogen-bond acceptors (Lipinski definition) is 3. The van der Waals surface area contributed by atoms with Crippen molar-refractivity contribution >= 4 is 21.6 Å². The van der Waals surface area contributed by atoms with Crippen LogP contribution < -0.4 is 4.90 Å². The van der Waals surface area contributed by atoms with E-state index in [-0.39, 0.29) is 0 Å². The van der Waals surface area contributed by atoms with Crippen molar-refractivity contribution in [2.24, 2.45) is 0 Å². The first-order valence-electron chi connectivity index (χ1n) is 5.77. The summed E-state index contributed by atoms with van der Waals surface area (Å²) in [5.41, 5.74) is 1.27. The second-order valence-electron chi connectivity index (χ2n) is 4.32. The molecule has 1 atom stereocenters. The minimum atomic E-state index is 0.661. The molecule has 2 heterocycles. The van der Waals surface area contributed by atoms with Gasteiger partial charge in [-0.2, -0.15) is 0 Å².